The molecule has 0 fully saturated rings. The first-order valence-electron chi connectivity index (χ1n) is 5.40. The highest BCUT2D eigenvalue weighted by Gasteiger charge is 2.06. The van der Waals surface area contributed by atoms with Gasteiger partial charge in [-0.3, -0.25) is 4.79 Å². The van der Waals surface area contributed by atoms with Crippen molar-refractivity contribution in [1.29, 1.82) is 0 Å². The lowest BCUT2D eigenvalue weighted by Gasteiger charge is -2.05. The van der Waals surface area contributed by atoms with Crippen LogP contribution in [-0.2, 0) is 11.2 Å². The van der Waals surface area contributed by atoms with Gasteiger partial charge in [0.1, 0.15) is 0 Å². The first-order valence-corrected chi connectivity index (χ1v) is 6.15. The maximum Gasteiger partial charge on any atom is 0.228 e. The van der Waals surface area contributed by atoms with Crippen LogP contribution >= 0.6 is 23.2 Å². The number of carbonyl (C=O) groups excluding carboxylic acids is 1. The average molecular weight is 299 g/mol. The highest BCUT2D eigenvalue weighted by Crippen LogP contribution is 2.22. The Balaban J connectivity index is 2.01. The van der Waals surface area contributed by atoms with Gasteiger partial charge >= 0.3 is 0 Å². The Bertz CT molecular complexity index is 602. The van der Waals surface area contributed by atoms with Gasteiger partial charge in [-0.05, 0) is 29.8 Å². The van der Waals surface area contributed by atoms with Gasteiger partial charge < -0.3 is 5.32 Å². The molecular formula is C13H9Cl2FN2O. The number of nitrogens with one attached hydrogen (secondary N) is 1. The Hall–Kier alpha value is -1.65. The number of aromatic nitrogens is 1. The summed E-state index contributed by atoms with van der Waals surface area (Å²) < 4.78 is 12.6. The molecule has 3 nitrogen and oxygen atoms in total. The van der Waals surface area contributed by atoms with Crippen molar-refractivity contribution in [2.75, 3.05) is 5.32 Å². The zero-order valence-electron chi connectivity index (χ0n) is 9.66. The minimum atomic E-state index is -0.595. The quantitative estimate of drug-likeness (QED) is 0.878. The van der Waals surface area contributed by atoms with E-state index in [0.29, 0.717) is 15.7 Å². The molecule has 0 aliphatic carbocycles. The lowest BCUT2D eigenvalue weighted by molar-refractivity contribution is -0.115. The summed E-state index contributed by atoms with van der Waals surface area (Å²) in [6.45, 7) is 0. The zero-order chi connectivity index (χ0) is 13.8. The summed E-state index contributed by atoms with van der Waals surface area (Å²) in [5.74, 6) is -0.839. The Labute approximate surface area is 119 Å². The molecule has 1 heterocycles. The molecule has 0 saturated carbocycles. The van der Waals surface area contributed by atoms with Crippen molar-refractivity contribution >= 4 is 34.8 Å². The summed E-state index contributed by atoms with van der Waals surface area (Å²) in [5.41, 5.74) is 1.17. The lowest BCUT2D eigenvalue weighted by Crippen LogP contribution is -2.14. The topological polar surface area (TPSA) is 42.0 Å². The Morgan fingerprint density at radius 1 is 1.21 bits per heavy atom. The highest BCUT2D eigenvalue weighted by molar-refractivity contribution is 6.42. The molecule has 0 saturated heterocycles. The number of hydrogen-bond donors (Lipinski definition) is 1. The number of anilines is 1. The second-order valence-corrected chi connectivity index (χ2v) is 4.66. The monoisotopic (exact) mass is 298 g/mol. The molecular weight excluding hydrogens is 290 g/mol. The van der Waals surface area contributed by atoms with Gasteiger partial charge in [0.05, 0.1) is 28.4 Å². The predicted octanol–water partition coefficient (Wildman–Crippen LogP) is 3.71. The van der Waals surface area contributed by atoms with Crippen LogP contribution in [0.1, 0.15) is 5.56 Å². The minimum Gasteiger partial charge on any atom is -0.324 e. The molecule has 0 aliphatic heterocycles. The van der Waals surface area contributed by atoms with Crippen LogP contribution in [0.15, 0.2) is 36.5 Å². The number of rotatable bonds is 3. The highest BCUT2D eigenvalue weighted by atomic mass is 35.5. The minimum absolute atomic E-state index is 0.147. The molecule has 2 rings (SSSR count). The van der Waals surface area contributed by atoms with Gasteiger partial charge in [-0.1, -0.05) is 29.3 Å². The standard InChI is InChI=1S/C13H9Cl2FN2O/c14-10-3-1-8(5-11(10)15)6-13(19)18-9-2-4-12(16)17-7-9/h1-5,7H,6H2,(H,18,19). The van der Waals surface area contributed by atoms with Crippen LogP contribution in [0.4, 0.5) is 10.1 Å². The number of hydrogen-bond acceptors (Lipinski definition) is 2. The van der Waals surface area contributed by atoms with Crippen molar-refractivity contribution in [1.82, 2.24) is 4.98 Å². The molecule has 19 heavy (non-hydrogen) atoms. The molecule has 1 aromatic carbocycles. The molecule has 2 aromatic rings. The fourth-order valence-electron chi connectivity index (χ4n) is 1.49. The van der Waals surface area contributed by atoms with Crippen LogP contribution in [-0.4, -0.2) is 10.9 Å². The third-order valence-electron chi connectivity index (χ3n) is 2.36. The molecule has 1 amide bonds. The normalized spacial score (nSPS) is 10.3. The van der Waals surface area contributed by atoms with Crippen molar-refractivity contribution in [3.8, 4) is 0 Å². The van der Waals surface area contributed by atoms with Crippen LogP contribution in [0.2, 0.25) is 10.0 Å². The summed E-state index contributed by atoms with van der Waals surface area (Å²) in [6, 6.07) is 7.60. The molecule has 0 bridgehead atoms. The lowest BCUT2D eigenvalue weighted by atomic mass is 10.1. The van der Waals surface area contributed by atoms with Gasteiger partial charge in [-0.2, -0.15) is 4.39 Å². The molecule has 1 aromatic heterocycles. The molecule has 1 N–H and O–H groups in total. The summed E-state index contributed by atoms with van der Waals surface area (Å²) in [5, 5.41) is 3.44. The number of carbonyl (C=O) groups is 1. The smallest absolute Gasteiger partial charge is 0.228 e. The van der Waals surface area contributed by atoms with E-state index >= 15 is 0 Å². The van der Waals surface area contributed by atoms with E-state index in [2.05, 4.69) is 10.3 Å². The average Bonchev–Trinajstić information content (AvgIpc) is 2.37. The van der Waals surface area contributed by atoms with E-state index in [-0.39, 0.29) is 12.3 Å². The summed E-state index contributed by atoms with van der Waals surface area (Å²) >= 11 is 11.6. The summed E-state index contributed by atoms with van der Waals surface area (Å²) in [7, 11) is 0. The van der Waals surface area contributed by atoms with Crippen LogP contribution in [0, 0.1) is 5.95 Å². The first kappa shape index (κ1) is 13.8. The summed E-state index contributed by atoms with van der Waals surface area (Å²) in [6.07, 6.45) is 1.40. The number of amides is 1. The van der Waals surface area contributed by atoms with Crippen LogP contribution in [0.25, 0.3) is 0 Å². The maximum absolute atomic E-state index is 12.6. The van der Waals surface area contributed by atoms with Crippen molar-refractivity contribution in [2.24, 2.45) is 0 Å². The molecule has 0 aliphatic rings. The largest absolute Gasteiger partial charge is 0.324 e. The van der Waals surface area contributed by atoms with Crippen LogP contribution in [0.5, 0.6) is 0 Å². The Morgan fingerprint density at radius 3 is 2.63 bits per heavy atom. The van der Waals surface area contributed by atoms with E-state index in [1.54, 1.807) is 18.2 Å². The Morgan fingerprint density at radius 2 is 2.00 bits per heavy atom. The SMILES string of the molecule is O=C(Cc1ccc(Cl)c(Cl)c1)Nc1ccc(F)nc1. The van der Waals surface area contributed by atoms with Gasteiger partial charge in [-0.25, -0.2) is 4.98 Å². The van der Waals surface area contributed by atoms with E-state index in [9.17, 15) is 9.18 Å². The van der Waals surface area contributed by atoms with Crippen molar-refractivity contribution in [2.45, 2.75) is 6.42 Å². The molecule has 0 radical (unpaired) electrons. The maximum atomic E-state index is 12.6. The van der Waals surface area contributed by atoms with Gasteiger partial charge in [0, 0.05) is 0 Å². The van der Waals surface area contributed by atoms with E-state index in [1.165, 1.54) is 18.3 Å². The molecule has 0 spiro atoms. The van der Waals surface area contributed by atoms with E-state index < -0.39 is 5.95 Å². The van der Waals surface area contributed by atoms with Gasteiger partial charge in [0.25, 0.3) is 0 Å². The van der Waals surface area contributed by atoms with E-state index in [0.717, 1.165) is 5.56 Å². The molecule has 6 heteroatoms. The molecule has 98 valence electrons. The van der Waals surface area contributed by atoms with E-state index in [4.69, 9.17) is 23.2 Å². The first-order chi connectivity index (χ1) is 9.04. The molecule has 0 unspecified atom stereocenters. The van der Waals surface area contributed by atoms with Crippen molar-refractivity contribution < 1.29 is 9.18 Å². The van der Waals surface area contributed by atoms with E-state index in [1.807, 2.05) is 0 Å². The number of benzene rings is 1. The zero-order valence-corrected chi connectivity index (χ0v) is 11.2. The fourth-order valence-corrected chi connectivity index (χ4v) is 1.81. The number of halogens is 3. The van der Waals surface area contributed by atoms with Gasteiger partial charge in [0.2, 0.25) is 11.9 Å². The second kappa shape index (κ2) is 5.99. The van der Waals surface area contributed by atoms with Crippen molar-refractivity contribution in [3.63, 3.8) is 0 Å². The third kappa shape index (κ3) is 3.91. The molecule has 0 atom stereocenters. The second-order valence-electron chi connectivity index (χ2n) is 3.84. The van der Waals surface area contributed by atoms with Gasteiger partial charge in [-0.15, -0.1) is 0 Å². The van der Waals surface area contributed by atoms with Crippen LogP contribution < -0.4 is 5.32 Å². The Kier molecular flexibility index (Phi) is 4.35. The predicted molar refractivity (Wildman–Crippen MR) is 73.0 cm³/mol. The fraction of sp³-hybridized carbons (Fsp3) is 0.0769. The van der Waals surface area contributed by atoms with Gasteiger partial charge in [0.15, 0.2) is 0 Å². The van der Waals surface area contributed by atoms with Crippen molar-refractivity contribution in [3.05, 3.63) is 58.1 Å². The summed E-state index contributed by atoms with van der Waals surface area (Å²) in [4.78, 5) is 15.2. The van der Waals surface area contributed by atoms with Crippen LogP contribution in [0.3, 0.4) is 0 Å². The third-order valence-corrected chi connectivity index (χ3v) is 3.10. The number of nitrogens with zero attached hydrogens (tertiary/aromatic N) is 1. The number of pyridine rings is 1.